The van der Waals surface area contributed by atoms with Crippen molar-refractivity contribution < 1.29 is 18.3 Å². The molecule has 0 aliphatic heterocycles. The van der Waals surface area contributed by atoms with Gasteiger partial charge < -0.3 is 4.74 Å². The van der Waals surface area contributed by atoms with E-state index in [1.807, 2.05) is 31.2 Å². The Bertz CT molecular complexity index is 890. The van der Waals surface area contributed by atoms with Crippen molar-refractivity contribution in [1.82, 2.24) is 4.98 Å². The summed E-state index contributed by atoms with van der Waals surface area (Å²) in [6.45, 7) is 2.69. The van der Waals surface area contributed by atoms with E-state index < -0.39 is 23.1 Å². The maximum absolute atomic E-state index is 13.7. The first kappa shape index (κ1) is 18.0. The van der Waals surface area contributed by atoms with Crippen LogP contribution < -0.4 is 10.1 Å². The van der Waals surface area contributed by atoms with Gasteiger partial charge in [0.05, 0.1) is 12.3 Å². The third kappa shape index (κ3) is 4.05. The molecule has 26 heavy (non-hydrogen) atoms. The molecule has 1 amide bonds. The number of hydrogen-bond acceptors (Lipinski definition) is 4. The number of amides is 1. The van der Waals surface area contributed by atoms with E-state index in [0.29, 0.717) is 12.3 Å². The predicted molar refractivity (Wildman–Crippen MR) is 97.6 cm³/mol. The molecule has 7 heteroatoms. The van der Waals surface area contributed by atoms with Gasteiger partial charge in [-0.05, 0) is 42.8 Å². The first-order valence-electron chi connectivity index (χ1n) is 8.02. The SMILES string of the molecule is CCCOc1ccc(-c2csc(NC(=O)c3c(F)cccc3F)n2)cc1. The van der Waals surface area contributed by atoms with Crippen LogP contribution in [0.2, 0.25) is 0 Å². The molecule has 0 fully saturated rings. The van der Waals surface area contributed by atoms with Crippen molar-refractivity contribution in [1.29, 1.82) is 0 Å². The van der Waals surface area contributed by atoms with E-state index in [9.17, 15) is 13.6 Å². The first-order chi connectivity index (χ1) is 12.6. The summed E-state index contributed by atoms with van der Waals surface area (Å²) in [5, 5.41) is 4.46. The summed E-state index contributed by atoms with van der Waals surface area (Å²) in [6, 6.07) is 10.7. The lowest BCUT2D eigenvalue weighted by atomic mass is 10.2. The number of halogens is 2. The van der Waals surface area contributed by atoms with Crippen molar-refractivity contribution >= 4 is 22.4 Å². The third-order valence-corrected chi connectivity index (χ3v) is 4.30. The molecule has 0 aliphatic rings. The summed E-state index contributed by atoms with van der Waals surface area (Å²) < 4.78 is 32.9. The molecule has 0 bridgehead atoms. The maximum atomic E-state index is 13.7. The van der Waals surface area contributed by atoms with Crippen LogP contribution >= 0.6 is 11.3 Å². The van der Waals surface area contributed by atoms with Gasteiger partial charge in [0.2, 0.25) is 0 Å². The number of aromatic nitrogens is 1. The van der Waals surface area contributed by atoms with Crippen LogP contribution in [0.4, 0.5) is 13.9 Å². The van der Waals surface area contributed by atoms with Crippen LogP contribution in [0.25, 0.3) is 11.3 Å². The van der Waals surface area contributed by atoms with Crippen molar-refractivity contribution in [3.63, 3.8) is 0 Å². The summed E-state index contributed by atoms with van der Waals surface area (Å²) in [7, 11) is 0. The van der Waals surface area contributed by atoms with Gasteiger partial charge in [0.15, 0.2) is 5.13 Å². The van der Waals surface area contributed by atoms with Crippen LogP contribution in [0.15, 0.2) is 47.8 Å². The van der Waals surface area contributed by atoms with E-state index in [-0.39, 0.29) is 5.13 Å². The standard InChI is InChI=1S/C19H16F2N2O2S/c1-2-10-25-13-8-6-12(7-9-13)16-11-26-19(22-16)23-18(24)17-14(20)4-3-5-15(17)21/h3-9,11H,2,10H2,1H3,(H,22,23,24). The molecule has 1 N–H and O–H groups in total. The van der Waals surface area contributed by atoms with Crippen LogP contribution in [0.5, 0.6) is 5.75 Å². The summed E-state index contributed by atoms with van der Waals surface area (Å²) in [4.78, 5) is 16.4. The summed E-state index contributed by atoms with van der Waals surface area (Å²) in [5.74, 6) is -1.93. The van der Waals surface area contributed by atoms with Gasteiger partial charge in [-0.15, -0.1) is 11.3 Å². The van der Waals surface area contributed by atoms with Gasteiger partial charge in [0.1, 0.15) is 22.9 Å². The van der Waals surface area contributed by atoms with Crippen molar-refractivity contribution in [3.8, 4) is 17.0 Å². The topological polar surface area (TPSA) is 51.2 Å². The number of carbonyl (C=O) groups excluding carboxylic acids is 1. The van der Waals surface area contributed by atoms with E-state index in [2.05, 4.69) is 10.3 Å². The Hall–Kier alpha value is -2.80. The Morgan fingerprint density at radius 1 is 1.15 bits per heavy atom. The van der Waals surface area contributed by atoms with E-state index >= 15 is 0 Å². The second-order valence-corrected chi connectivity index (χ2v) is 6.32. The normalized spacial score (nSPS) is 10.6. The molecule has 0 spiro atoms. The number of nitrogens with zero attached hydrogens (tertiary/aromatic N) is 1. The Kier molecular flexibility index (Phi) is 5.58. The number of ether oxygens (including phenoxy) is 1. The van der Waals surface area contributed by atoms with Gasteiger partial charge in [-0.2, -0.15) is 0 Å². The molecular weight excluding hydrogens is 358 g/mol. The quantitative estimate of drug-likeness (QED) is 0.651. The number of carbonyl (C=O) groups is 1. The molecule has 134 valence electrons. The minimum absolute atomic E-state index is 0.263. The Morgan fingerprint density at radius 3 is 2.50 bits per heavy atom. The number of rotatable bonds is 6. The highest BCUT2D eigenvalue weighted by Crippen LogP contribution is 2.27. The fraction of sp³-hybridized carbons (Fsp3) is 0.158. The van der Waals surface area contributed by atoms with Crippen LogP contribution in [-0.4, -0.2) is 17.5 Å². The number of hydrogen-bond donors (Lipinski definition) is 1. The van der Waals surface area contributed by atoms with Crippen LogP contribution in [0.1, 0.15) is 23.7 Å². The van der Waals surface area contributed by atoms with E-state index in [4.69, 9.17) is 4.74 Å². The summed E-state index contributed by atoms with van der Waals surface area (Å²) in [5.41, 5.74) is 0.880. The lowest BCUT2D eigenvalue weighted by Crippen LogP contribution is -2.15. The highest BCUT2D eigenvalue weighted by atomic mass is 32.1. The predicted octanol–water partition coefficient (Wildman–Crippen LogP) is 5.13. The number of anilines is 1. The highest BCUT2D eigenvalue weighted by Gasteiger charge is 2.18. The molecular formula is C19H16F2N2O2S. The average Bonchev–Trinajstić information content (AvgIpc) is 3.08. The van der Waals surface area contributed by atoms with Crippen molar-refractivity contribution in [2.75, 3.05) is 11.9 Å². The monoisotopic (exact) mass is 374 g/mol. The van der Waals surface area contributed by atoms with Crippen molar-refractivity contribution in [3.05, 3.63) is 65.0 Å². The van der Waals surface area contributed by atoms with Crippen LogP contribution in [0.3, 0.4) is 0 Å². The molecule has 3 aromatic rings. The van der Waals surface area contributed by atoms with Crippen LogP contribution in [-0.2, 0) is 0 Å². The molecule has 0 atom stereocenters. The molecule has 3 rings (SSSR count). The zero-order valence-corrected chi connectivity index (χ0v) is 14.8. The largest absolute Gasteiger partial charge is 0.494 e. The highest BCUT2D eigenvalue weighted by molar-refractivity contribution is 7.14. The lowest BCUT2D eigenvalue weighted by molar-refractivity contribution is 0.101. The van der Waals surface area contributed by atoms with E-state index in [1.54, 1.807) is 5.38 Å². The van der Waals surface area contributed by atoms with E-state index in [1.165, 1.54) is 17.4 Å². The average molecular weight is 374 g/mol. The molecule has 0 radical (unpaired) electrons. The Balaban J connectivity index is 1.73. The van der Waals surface area contributed by atoms with Gasteiger partial charge in [0, 0.05) is 10.9 Å². The molecule has 1 aromatic heterocycles. The minimum Gasteiger partial charge on any atom is -0.494 e. The Morgan fingerprint density at radius 2 is 1.85 bits per heavy atom. The molecule has 0 unspecified atom stereocenters. The molecule has 2 aromatic carbocycles. The van der Waals surface area contributed by atoms with Crippen molar-refractivity contribution in [2.24, 2.45) is 0 Å². The molecule has 0 aliphatic carbocycles. The van der Waals surface area contributed by atoms with Gasteiger partial charge in [0.25, 0.3) is 5.91 Å². The molecule has 4 nitrogen and oxygen atoms in total. The van der Waals surface area contributed by atoms with Gasteiger partial charge in [-0.25, -0.2) is 13.8 Å². The minimum atomic E-state index is -0.915. The molecule has 1 heterocycles. The zero-order chi connectivity index (χ0) is 18.5. The van der Waals surface area contributed by atoms with Gasteiger partial charge >= 0.3 is 0 Å². The molecule has 0 saturated heterocycles. The lowest BCUT2D eigenvalue weighted by Gasteiger charge is -2.05. The van der Waals surface area contributed by atoms with E-state index in [0.717, 1.165) is 29.9 Å². The van der Waals surface area contributed by atoms with Crippen molar-refractivity contribution in [2.45, 2.75) is 13.3 Å². The smallest absolute Gasteiger partial charge is 0.263 e. The van der Waals surface area contributed by atoms with Crippen LogP contribution in [0, 0.1) is 11.6 Å². The third-order valence-electron chi connectivity index (χ3n) is 3.54. The fourth-order valence-corrected chi connectivity index (χ4v) is 2.99. The van der Waals surface area contributed by atoms with Gasteiger partial charge in [-0.1, -0.05) is 13.0 Å². The number of benzene rings is 2. The number of thiazole rings is 1. The summed E-state index contributed by atoms with van der Waals surface area (Å²) in [6.07, 6.45) is 0.930. The maximum Gasteiger partial charge on any atom is 0.263 e. The van der Waals surface area contributed by atoms with Gasteiger partial charge in [-0.3, -0.25) is 10.1 Å². The number of nitrogens with one attached hydrogen (secondary N) is 1. The second-order valence-electron chi connectivity index (χ2n) is 5.46. The zero-order valence-electron chi connectivity index (χ0n) is 14.0. The second kappa shape index (κ2) is 8.05. The fourth-order valence-electron chi connectivity index (χ4n) is 2.28. The Labute approximate surface area is 153 Å². The summed E-state index contributed by atoms with van der Waals surface area (Å²) >= 11 is 1.18. The molecule has 0 saturated carbocycles. The first-order valence-corrected chi connectivity index (χ1v) is 8.90.